The van der Waals surface area contributed by atoms with Crippen LogP contribution >= 0.6 is 0 Å². The molecule has 1 aromatic heterocycles. The van der Waals surface area contributed by atoms with Gasteiger partial charge in [-0.2, -0.15) is 0 Å². The normalized spacial score (nSPS) is 15.4. The molecule has 0 fully saturated rings. The van der Waals surface area contributed by atoms with Gasteiger partial charge in [0.2, 0.25) is 5.91 Å². The van der Waals surface area contributed by atoms with Crippen molar-refractivity contribution in [3.8, 4) is 5.75 Å². The molecule has 3 rings (SSSR count). The Balaban J connectivity index is 1.35. The molecule has 1 aromatic carbocycles. The number of fused-ring (bicyclic) bond motifs is 1. The predicted molar refractivity (Wildman–Crippen MR) is 149 cm³/mol. The Hall–Kier alpha value is -2.68. The molecule has 210 valence electrons. The first-order valence-electron chi connectivity index (χ1n) is 13.9. The molecule has 0 spiro atoms. The second kappa shape index (κ2) is 17.0. The first kappa shape index (κ1) is 29.9. The Kier molecular flexibility index (Phi) is 13.4. The summed E-state index contributed by atoms with van der Waals surface area (Å²) in [5.74, 6) is 2.48. The predicted octanol–water partition coefficient (Wildman–Crippen LogP) is 4.58. The Morgan fingerprint density at radius 2 is 1.74 bits per heavy atom. The van der Waals surface area contributed by atoms with Gasteiger partial charge in [-0.25, -0.2) is 4.98 Å². The van der Waals surface area contributed by atoms with Crippen LogP contribution in [0.15, 0.2) is 42.6 Å². The van der Waals surface area contributed by atoms with E-state index in [1.165, 1.54) is 5.56 Å². The summed E-state index contributed by atoms with van der Waals surface area (Å²) in [6, 6.07) is 12.0. The van der Waals surface area contributed by atoms with Crippen LogP contribution in [0.25, 0.3) is 0 Å². The van der Waals surface area contributed by atoms with Crippen LogP contribution in [0.2, 0.25) is 0 Å². The lowest BCUT2D eigenvalue weighted by Gasteiger charge is -2.23. The summed E-state index contributed by atoms with van der Waals surface area (Å²) in [7, 11) is 0. The van der Waals surface area contributed by atoms with E-state index in [1.54, 1.807) is 6.20 Å². The van der Waals surface area contributed by atoms with Crippen LogP contribution in [0, 0.1) is 11.8 Å². The number of pyridine rings is 1. The van der Waals surface area contributed by atoms with Crippen LogP contribution in [0.5, 0.6) is 5.75 Å². The molecule has 38 heavy (non-hydrogen) atoms. The van der Waals surface area contributed by atoms with E-state index < -0.39 is 0 Å². The van der Waals surface area contributed by atoms with Crippen molar-refractivity contribution >= 4 is 11.7 Å². The van der Waals surface area contributed by atoms with Crippen molar-refractivity contribution in [3.05, 3.63) is 53.7 Å². The zero-order chi connectivity index (χ0) is 27.0. The highest BCUT2D eigenvalue weighted by molar-refractivity contribution is 5.79. The second-order valence-corrected chi connectivity index (χ2v) is 10.2. The maximum Gasteiger partial charge on any atom is 0.226 e. The van der Waals surface area contributed by atoms with E-state index in [1.807, 2.05) is 36.1 Å². The third kappa shape index (κ3) is 11.0. The van der Waals surface area contributed by atoms with E-state index in [9.17, 15) is 4.79 Å². The van der Waals surface area contributed by atoms with Gasteiger partial charge in [0, 0.05) is 38.4 Å². The monoisotopic (exact) mass is 527 g/mol. The van der Waals surface area contributed by atoms with Crippen LogP contribution in [-0.2, 0) is 32.0 Å². The minimum Gasteiger partial charge on any atom is -0.494 e. The molecule has 2 aromatic rings. The summed E-state index contributed by atoms with van der Waals surface area (Å²) in [5, 5.41) is 3.29. The number of amides is 1. The molecule has 0 saturated carbocycles. The van der Waals surface area contributed by atoms with Crippen molar-refractivity contribution < 1.29 is 23.7 Å². The summed E-state index contributed by atoms with van der Waals surface area (Å²) in [5.41, 5.74) is 2.36. The largest absolute Gasteiger partial charge is 0.494 e. The van der Waals surface area contributed by atoms with Crippen molar-refractivity contribution in [2.24, 2.45) is 11.8 Å². The molecular formula is C30H45N3O5. The van der Waals surface area contributed by atoms with Crippen molar-refractivity contribution in [3.63, 3.8) is 0 Å². The van der Waals surface area contributed by atoms with Crippen LogP contribution in [0.3, 0.4) is 0 Å². The van der Waals surface area contributed by atoms with Gasteiger partial charge in [0.1, 0.15) is 11.6 Å². The maximum absolute atomic E-state index is 13.0. The molecule has 0 bridgehead atoms. The van der Waals surface area contributed by atoms with E-state index >= 15 is 0 Å². The number of rotatable bonds is 18. The molecule has 0 saturated heterocycles. The fourth-order valence-electron chi connectivity index (χ4n) is 4.22. The van der Waals surface area contributed by atoms with E-state index in [0.717, 1.165) is 49.5 Å². The number of carbonyl (C=O) groups is 1. The first-order chi connectivity index (χ1) is 18.5. The number of anilines is 1. The van der Waals surface area contributed by atoms with Crippen molar-refractivity contribution in [2.75, 3.05) is 64.7 Å². The summed E-state index contributed by atoms with van der Waals surface area (Å²) in [4.78, 5) is 19.1. The average Bonchev–Trinajstić information content (AvgIpc) is 3.03. The molecule has 1 amide bonds. The smallest absolute Gasteiger partial charge is 0.226 e. The SMILES string of the molecule is CC(C)CCOCCOCCOCCN1Cc2cc(OCCCNc3ccccn3)ccc2C[C@@H](C)C1=O. The number of hydrogen-bond donors (Lipinski definition) is 1. The minimum atomic E-state index is -0.0558. The lowest BCUT2D eigenvalue weighted by atomic mass is 9.98. The Morgan fingerprint density at radius 3 is 2.47 bits per heavy atom. The molecular weight excluding hydrogens is 482 g/mol. The van der Waals surface area contributed by atoms with Gasteiger partial charge in [0.15, 0.2) is 0 Å². The number of ether oxygens (including phenoxy) is 4. The van der Waals surface area contributed by atoms with Crippen molar-refractivity contribution in [1.29, 1.82) is 0 Å². The number of nitrogens with zero attached hydrogens (tertiary/aromatic N) is 2. The molecule has 0 radical (unpaired) electrons. The fraction of sp³-hybridized carbons (Fsp3) is 0.600. The highest BCUT2D eigenvalue weighted by atomic mass is 16.5. The zero-order valence-electron chi connectivity index (χ0n) is 23.3. The molecule has 1 atom stereocenters. The van der Waals surface area contributed by atoms with Gasteiger partial charge in [-0.05, 0) is 60.6 Å². The van der Waals surface area contributed by atoms with Gasteiger partial charge in [-0.1, -0.05) is 32.9 Å². The number of carbonyl (C=O) groups excluding carboxylic acids is 1. The van der Waals surface area contributed by atoms with Crippen LogP contribution in [0.4, 0.5) is 5.82 Å². The molecule has 8 heteroatoms. The van der Waals surface area contributed by atoms with E-state index in [0.29, 0.717) is 58.6 Å². The lowest BCUT2D eigenvalue weighted by molar-refractivity contribution is -0.136. The summed E-state index contributed by atoms with van der Waals surface area (Å²) in [6.45, 7) is 12.4. The summed E-state index contributed by atoms with van der Waals surface area (Å²) >= 11 is 0. The highest BCUT2D eigenvalue weighted by Gasteiger charge is 2.26. The Bertz CT molecular complexity index is 941. The van der Waals surface area contributed by atoms with Crippen molar-refractivity contribution in [1.82, 2.24) is 9.88 Å². The highest BCUT2D eigenvalue weighted by Crippen LogP contribution is 2.26. The van der Waals surface area contributed by atoms with Crippen LogP contribution < -0.4 is 10.1 Å². The third-order valence-electron chi connectivity index (χ3n) is 6.45. The van der Waals surface area contributed by atoms with Gasteiger partial charge in [0.25, 0.3) is 0 Å². The molecule has 8 nitrogen and oxygen atoms in total. The second-order valence-electron chi connectivity index (χ2n) is 10.2. The van der Waals surface area contributed by atoms with Crippen LogP contribution in [-0.4, -0.2) is 75.1 Å². The zero-order valence-corrected chi connectivity index (χ0v) is 23.3. The van der Waals surface area contributed by atoms with Gasteiger partial charge < -0.3 is 29.2 Å². The van der Waals surface area contributed by atoms with Gasteiger partial charge in [-0.3, -0.25) is 4.79 Å². The van der Waals surface area contributed by atoms with Gasteiger partial charge in [0.05, 0.1) is 39.6 Å². The number of aromatic nitrogens is 1. The number of hydrogen-bond acceptors (Lipinski definition) is 7. The maximum atomic E-state index is 13.0. The molecule has 2 heterocycles. The Morgan fingerprint density at radius 1 is 0.974 bits per heavy atom. The van der Waals surface area contributed by atoms with Crippen molar-refractivity contribution in [2.45, 2.75) is 46.6 Å². The van der Waals surface area contributed by atoms with Gasteiger partial charge in [-0.15, -0.1) is 0 Å². The average molecular weight is 528 g/mol. The third-order valence-corrected chi connectivity index (χ3v) is 6.45. The fourth-order valence-corrected chi connectivity index (χ4v) is 4.22. The van der Waals surface area contributed by atoms with E-state index in [-0.39, 0.29) is 11.8 Å². The number of nitrogens with one attached hydrogen (secondary N) is 1. The summed E-state index contributed by atoms with van der Waals surface area (Å²) in [6.07, 6.45) is 4.45. The quantitative estimate of drug-likeness (QED) is 0.284. The molecule has 1 aliphatic rings. The standard InChI is InChI=1S/C30H45N3O5/c1-24(2)10-15-35-17-19-37-20-18-36-16-13-33-23-27-22-28(9-8-26(27)21-25(3)30(33)34)38-14-6-12-32-29-7-4-5-11-31-29/h4-5,7-9,11,22,24-25H,6,10,12-21,23H2,1-3H3,(H,31,32)/t25-/m1/s1. The molecule has 1 aliphatic heterocycles. The van der Waals surface area contributed by atoms with Crippen LogP contribution in [0.1, 0.15) is 44.7 Å². The number of benzene rings is 1. The molecule has 1 N–H and O–H groups in total. The Labute approximate surface area is 228 Å². The first-order valence-corrected chi connectivity index (χ1v) is 13.9. The van der Waals surface area contributed by atoms with E-state index in [2.05, 4.69) is 36.3 Å². The lowest BCUT2D eigenvalue weighted by Crippen LogP contribution is -2.36. The summed E-state index contributed by atoms with van der Waals surface area (Å²) < 4.78 is 22.9. The topological polar surface area (TPSA) is 82.2 Å². The molecule has 0 aliphatic carbocycles. The van der Waals surface area contributed by atoms with E-state index in [4.69, 9.17) is 18.9 Å². The minimum absolute atomic E-state index is 0.0558. The molecule has 0 unspecified atom stereocenters. The van der Waals surface area contributed by atoms with Gasteiger partial charge >= 0.3 is 0 Å².